The van der Waals surface area contributed by atoms with Crippen molar-refractivity contribution in [3.05, 3.63) is 35.5 Å². The van der Waals surface area contributed by atoms with Gasteiger partial charge in [-0.25, -0.2) is 13.2 Å². The molecule has 0 spiro atoms. The maximum Gasteiger partial charge on any atom is 0.335 e. The third-order valence-electron chi connectivity index (χ3n) is 2.80. The number of hydrogen-bond donors (Lipinski definition) is 1. The summed E-state index contributed by atoms with van der Waals surface area (Å²) in [6, 6.07) is 6.50. The molecule has 1 N–H and O–H groups in total. The first kappa shape index (κ1) is 12.6. The first-order valence-corrected chi connectivity index (χ1v) is 7.33. The van der Waals surface area contributed by atoms with E-state index >= 15 is 0 Å². The van der Waals surface area contributed by atoms with Gasteiger partial charge in [0.15, 0.2) is 9.84 Å². The molecule has 0 unspecified atom stereocenters. The van der Waals surface area contributed by atoms with Gasteiger partial charge in [-0.15, -0.1) is 0 Å². The zero-order valence-electron chi connectivity index (χ0n) is 10.0. The first-order chi connectivity index (χ1) is 8.28. The van der Waals surface area contributed by atoms with Gasteiger partial charge in [0.25, 0.3) is 0 Å². The van der Waals surface area contributed by atoms with Gasteiger partial charge in [0.2, 0.25) is 0 Å². The van der Waals surface area contributed by atoms with E-state index in [1.54, 1.807) is 29.8 Å². The second-order valence-corrected chi connectivity index (χ2v) is 6.48. The number of rotatable bonds is 3. The van der Waals surface area contributed by atoms with Crippen molar-refractivity contribution < 1.29 is 18.3 Å². The Kier molecular flexibility index (Phi) is 2.90. The third-order valence-corrected chi connectivity index (χ3v) is 3.62. The fourth-order valence-corrected chi connectivity index (χ4v) is 2.74. The molecule has 18 heavy (non-hydrogen) atoms. The lowest BCUT2D eigenvalue weighted by molar-refractivity contribution is 0.0697. The van der Waals surface area contributed by atoms with Gasteiger partial charge in [-0.05, 0) is 23.6 Å². The molecule has 2 rings (SSSR count). The SMILES string of the molecule is Cn1c(CS(C)(=O)=O)cc2ccc(C(=O)O)cc21. The zero-order chi connectivity index (χ0) is 13.5. The highest BCUT2D eigenvalue weighted by Crippen LogP contribution is 2.21. The molecule has 6 heteroatoms. The van der Waals surface area contributed by atoms with Crippen LogP contribution in [-0.4, -0.2) is 30.3 Å². The lowest BCUT2D eigenvalue weighted by Gasteiger charge is -2.03. The number of aryl methyl sites for hydroxylation is 1. The molecule has 0 bridgehead atoms. The summed E-state index contributed by atoms with van der Waals surface area (Å²) in [5.74, 6) is -1.05. The highest BCUT2D eigenvalue weighted by Gasteiger charge is 2.12. The number of carboxylic acids is 1. The predicted molar refractivity (Wildman–Crippen MR) is 68.4 cm³/mol. The molecule has 0 aliphatic rings. The summed E-state index contributed by atoms with van der Waals surface area (Å²) in [5, 5.41) is 9.76. The Bertz CT molecular complexity index is 728. The smallest absolute Gasteiger partial charge is 0.335 e. The number of hydrogen-bond acceptors (Lipinski definition) is 3. The van der Waals surface area contributed by atoms with E-state index in [-0.39, 0.29) is 11.3 Å². The molecule has 96 valence electrons. The lowest BCUT2D eigenvalue weighted by Crippen LogP contribution is -2.05. The van der Waals surface area contributed by atoms with Gasteiger partial charge in [-0.2, -0.15) is 0 Å². The van der Waals surface area contributed by atoms with Gasteiger partial charge in [-0.3, -0.25) is 0 Å². The minimum absolute atomic E-state index is 0.0550. The molecule has 0 radical (unpaired) electrons. The summed E-state index contributed by atoms with van der Waals surface area (Å²) < 4.78 is 24.3. The van der Waals surface area contributed by atoms with E-state index in [2.05, 4.69) is 0 Å². The van der Waals surface area contributed by atoms with Crippen molar-refractivity contribution in [2.75, 3.05) is 6.26 Å². The van der Waals surface area contributed by atoms with Crippen molar-refractivity contribution in [2.24, 2.45) is 7.05 Å². The van der Waals surface area contributed by atoms with Crippen LogP contribution in [0, 0.1) is 0 Å². The van der Waals surface area contributed by atoms with Crippen molar-refractivity contribution >= 4 is 26.7 Å². The predicted octanol–water partition coefficient (Wildman–Crippen LogP) is 1.42. The highest BCUT2D eigenvalue weighted by molar-refractivity contribution is 7.89. The topological polar surface area (TPSA) is 76.4 Å². The highest BCUT2D eigenvalue weighted by atomic mass is 32.2. The summed E-state index contributed by atoms with van der Waals surface area (Å²) in [6.07, 6.45) is 1.17. The second kappa shape index (κ2) is 4.13. The van der Waals surface area contributed by atoms with Crippen LogP contribution in [0.3, 0.4) is 0 Å². The average molecular weight is 267 g/mol. The van der Waals surface area contributed by atoms with E-state index in [1.165, 1.54) is 12.3 Å². The van der Waals surface area contributed by atoms with Gasteiger partial charge in [0, 0.05) is 24.5 Å². The molecule has 2 aromatic rings. The number of carbonyl (C=O) groups is 1. The molecule has 1 aromatic carbocycles. The summed E-state index contributed by atoms with van der Waals surface area (Å²) in [5.41, 5.74) is 1.55. The Hall–Kier alpha value is -1.82. The number of fused-ring (bicyclic) bond motifs is 1. The van der Waals surface area contributed by atoms with Gasteiger partial charge in [-0.1, -0.05) is 6.07 Å². The molecule has 1 aromatic heterocycles. The summed E-state index contributed by atoms with van der Waals surface area (Å²) in [4.78, 5) is 10.9. The third kappa shape index (κ3) is 2.38. The van der Waals surface area contributed by atoms with Gasteiger partial charge in [0.05, 0.1) is 11.3 Å². The van der Waals surface area contributed by atoms with E-state index in [1.807, 2.05) is 0 Å². The molecule has 0 saturated heterocycles. The number of benzene rings is 1. The molecular formula is C12H13NO4S. The Morgan fingerprint density at radius 2 is 2.00 bits per heavy atom. The number of sulfone groups is 1. The molecule has 0 fully saturated rings. The molecular weight excluding hydrogens is 254 g/mol. The molecule has 0 amide bonds. The molecule has 1 heterocycles. The van der Waals surface area contributed by atoms with Crippen LogP contribution in [0.2, 0.25) is 0 Å². The molecule has 0 atom stereocenters. The first-order valence-electron chi connectivity index (χ1n) is 5.27. The Morgan fingerprint density at radius 1 is 1.33 bits per heavy atom. The van der Waals surface area contributed by atoms with Crippen LogP contribution in [0.5, 0.6) is 0 Å². The molecule has 0 aliphatic heterocycles. The molecule has 0 saturated carbocycles. The Labute approximate surface area is 105 Å². The Balaban J connectivity index is 2.60. The van der Waals surface area contributed by atoms with E-state index in [4.69, 9.17) is 5.11 Å². The molecule has 0 aliphatic carbocycles. The van der Waals surface area contributed by atoms with Crippen LogP contribution in [0.25, 0.3) is 10.9 Å². The van der Waals surface area contributed by atoms with Crippen molar-refractivity contribution in [1.29, 1.82) is 0 Å². The number of aromatic nitrogens is 1. The van der Waals surface area contributed by atoms with Crippen molar-refractivity contribution in [3.8, 4) is 0 Å². The standard InChI is InChI=1S/C12H13NO4S/c1-13-10(7-18(2,16)17)5-8-3-4-9(12(14)15)6-11(8)13/h3-6H,7H2,1-2H3,(H,14,15). The van der Waals surface area contributed by atoms with Crippen molar-refractivity contribution in [3.63, 3.8) is 0 Å². The largest absolute Gasteiger partial charge is 0.478 e. The van der Waals surface area contributed by atoms with Crippen LogP contribution < -0.4 is 0 Å². The maximum absolute atomic E-state index is 11.3. The van der Waals surface area contributed by atoms with Crippen LogP contribution in [0.15, 0.2) is 24.3 Å². The van der Waals surface area contributed by atoms with Gasteiger partial charge < -0.3 is 9.67 Å². The van der Waals surface area contributed by atoms with E-state index in [0.29, 0.717) is 11.2 Å². The van der Waals surface area contributed by atoms with E-state index < -0.39 is 15.8 Å². The van der Waals surface area contributed by atoms with Crippen LogP contribution in [0.1, 0.15) is 16.1 Å². The van der Waals surface area contributed by atoms with Crippen LogP contribution >= 0.6 is 0 Å². The second-order valence-electron chi connectivity index (χ2n) is 4.34. The van der Waals surface area contributed by atoms with Gasteiger partial charge in [0.1, 0.15) is 0 Å². The normalized spacial score (nSPS) is 11.9. The van der Waals surface area contributed by atoms with E-state index in [0.717, 1.165) is 5.39 Å². The quantitative estimate of drug-likeness (QED) is 0.912. The maximum atomic E-state index is 11.3. The minimum atomic E-state index is -3.11. The molecule has 5 nitrogen and oxygen atoms in total. The van der Waals surface area contributed by atoms with Crippen LogP contribution in [-0.2, 0) is 22.6 Å². The zero-order valence-corrected chi connectivity index (χ0v) is 10.9. The number of aromatic carboxylic acids is 1. The lowest BCUT2D eigenvalue weighted by atomic mass is 10.1. The minimum Gasteiger partial charge on any atom is -0.478 e. The summed E-state index contributed by atoms with van der Waals surface area (Å²) in [7, 11) is -1.38. The van der Waals surface area contributed by atoms with Crippen molar-refractivity contribution in [1.82, 2.24) is 4.57 Å². The Morgan fingerprint density at radius 3 is 2.56 bits per heavy atom. The number of carboxylic acid groups (broad SMARTS) is 1. The van der Waals surface area contributed by atoms with Crippen molar-refractivity contribution in [2.45, 2.75) is 5.75 Å². The fraction of sp³-hybridized carbons (Fsp3) is 0.250. The summed E-state index contributed by atoms with van der Waals surface area (Å²) >= 11 is 0. The monoisotopic (exact) mass is 267 g/mol. The van der Waals surface area contributed by atoms with Gasteiger partial charge >= 0.3 is 5.97 Å². The fourth-order valence-electron chi connectivity index (χ4n) is 1.93. The van der Waals surface area contributed by atoms with Crippen LogP contribution in [0.4, 0.5) is 0 Å². The van der Waals surface area contributed by atoms with E-state index in [9.17, 15) is 13.2 Å². The number of nitrogens with zero attached hydrogens (tertiary/aromatic N) is 1. The average Bonchev–Trinajstić information content (AvgIpc) is 2.53. The summed E-state index contributed by atoms with van der Waals surface area (Å²) in [6.45, 7) is 0.